The van der Waals surface area contributed by atoms with Crippen LogP contribution in [0.2, 0.25) is 0 Å². The first-order valence-corrected chi connectivity index (χ1v) is 7.15. The molecule has 1 saturated carbocycles. The van der Waals surface area contributed by atoms with Crippen molar-refractivity contribution in [1.29, 1.82) is 0 Å². The minimum atomic E-state index is -2.16. The van der Waals surface area contributed by atoms with Gasteiger partial charge in [0.2, 0.25) is 0 Å². The molecular formula is C9H19N2OP. The van der Waals surface area contributed by atoms with Gasteiger partial charge in [0.25, 0.3) is 0 Å². The average molecular weight is 202 g/mol. The van der Waals surface area contributed by atoms with Crippen LogP contribution in [0.1, 0.15) is 25.7 Å². The Kier molecular flexibility index (Phi) is 2.40. The summed E-state index contributed by atoms with van der Waals surface area (Å²) in [6, 6.07) is 1.10. The zero-order valence-corrected chi connectivity index (χ0v) is 9.63. The van der Waals surface area contributed by atoms with Gasteiger partial charge in [0.05, 0.1) is 18.7 Å². The van der Waals surface area contributed by atoms with Crippen molar-refractivity contribution in [2.75, 3.05) is 20.8 Å². The van der Waals surface area contributed by atoms with Crippen LogP contribution < -0.4 is 4.89 Å². The van der Waals surface area contributed by atoms with Crippen LogP contribution in [0.25, 0.3) is 0 Å². The van der Waals surface area contributed by atoms with Gasteiger partial charge in [0.15, 0.2) is 0 Å². The van der Waals surface area contributed by atoms with Crippen LogP contribution in [-0.4, -0.2) is 42.2 Å². The van der Waals surface area contributed by atoms with Crippen molar-refractivity contribution < 1.29 is 4.89 Å². The molecule has 1 heterocycles. The first-order chi connectivity index (χ1) is 6.05. The molecule has 0 aromatic rings. The molecule has 0 spiro atoms. The van der Waals surface area contributed by atoms with E-state index in [0.29, 0.717) is 12.1 Å². The fourth-order valence-electron chi connectivity index (χ4n) is 2.74. The summed E-state index contributed by atoms with van der Waals surface area (Å²) in [5.74, 6) is 0. The van der Waals surface area contributed by atoms with Crippen LogP contribution in [0, 0.1) is 0 Å². The highest BCUT2D eigenvalue weighted by molar-refractivity contribution is 7.63. The lowest BCUT2D eigenvalue weighted by atomic mass is 9.91. The van der Waals surface area contributed by atoms with Crippen LogP contribution in [0.15, 0.2) is 0 Å². The highest BCUT2D eigenvalue weighted by atomic mass is 31.2. The fraction of sp³-hybridized carbons (Fsp3) is 1.00. The summed E-state index contributed by atoms with van der Waals surface area (Å²) in [7, 11) is 1.88. The summed E-state index contributed by atoms with van der Waals surface area (Å²) in [6.07, 6.45) is 5.06. The lowest BCUT2D eigenvalue weighted by Gasteiger charge is -2.33. The van der Waals surface area contributed by atoms with E-state index in [1.165, 1.54) is 25.7 Å². The highest BCUT2D eigenvalue weighted by Gasteiger charge is 2.52. The molecule has 2 aliphatic rings. The number of hydrogen-bond donors (Lipinski definition) is 0. The molecule has 1 aliphatic heterocycles. The second-order valence-corrected chi connectivity index (χ2v) is 7.33. The Labute approximate surface area is 81.2 Å². The van der Waals surface area contributed by atoms with Gasteiger partial charge in [-0.1, -0.05) is 12.8 Å². The summed E-state index contributed by atoms with van der Waals surface area (Å²) in [5, 5.41) is 0. The highest BCUT2D eigenvalue weighted by Crippen LogP contribution is 2.61. The maximum atomic E-state index is 12.3. The molecule has 13 heavy (non-hydrogen) atoms. The molecule has 1 saturated heterocycles. The van der Waals surface area contributed by atoms with Gasteiger partial charge < -0.3 is 4.89 Å². The quantitative estimate of drug-likeness (QED) is 0.547. The topological polar surface area (TPSA) is 29.5 Å². The summed E-state index contributed by atoms with van der Waals surface area (Å²) in [4.78, 5) is 12.3. The number of nitrogens with zero attached hydrogens (tertiary/aromatic N) is 2. The number of fused-ring (bicyclic) bond motifs is 1. The lowest BCUT2D eigenvalue weighted by molar-refractivity contribution is -0.187. The van der Waals surface area contributed by atoms with E-state index in [4.69, 9.17) is 0 Å². The lowest BCUT2D eigenvalue weighted by Crippen LogP contribution is -2.37. The Morgan fingerprint density at radius 2 is 1.46 bits per heavy atom. The van der Waals surface area contributed by atoms with E-state index in [9.17, 15) is 4.89 Å². The van der Waals surface area contributed by atoms with Crippen LogP contribution in [-0.2, 0) is 0 Å². The van der Waals surface area contributed by atoms with Crippen LogP contribution in [0.4, 0.5) is 0 Å². The Hall–Kier alpha value is 0.310. The molecule has 0 aromatic carbocycles. The number of likely N-dealkylation sites (N-methyl/N-ethyl adjacent to an activating group) is 2. The van der Waals surface area contributed by atoms with E-state index < -0.39 is 7.79 Å². The van der Waals surface area contributed by atoms with Crippen LogP contribution in [0.5, 0.6) is 0 Å². The second kappa shape index (κ2) is 3.16. The van der Waals surface area contributed by atoms with Crippen molar-refractivity contribution in [3.8, 4) is 0 Å². The van der Waals surface area contributed by atoms with E-state index in [1.807, 2.05) is 20.8 Å². The van der Waals surface area contributed by atoms with E-state index >= 15 is 0 Å². The third kappa shape index (κ3) is 1.33. The van der Waals surface area contributed by atoms with Crippen molar-refractivity contribution >= 4 is 7.79 Å². The van der Waals surface area contributed by atoms with E-state index in [2.05, 4.69) is 9.34 Å². The number of rotatable bonds is 0. The minimum absolute atomic E-state index is 0.551. The predicted octanol–water partition coefficient (Wildman–Crippen LogP) is 0.927. The van der Waals surface area contributed by atoms with Gasteiger partial charge in [-0.25, -0.2) is 0 Å². The summed E-state index contributed by atoms with van der Waals surface area (Å²) in [5.41, 5.74) is 0. The molecule has 2 fully saturated rings. The van der Waals surface area contributed by atoms with E-state index in [-0.39, 0.29) is 0 Å². The van der Waals surface area contributed by atoms with Gasteiger partial charge in [0.1, 0.15) is 7.79 Å². The third-order valence-electron chi connectivity index (χ3n) is 3.82. The van der Waals surface area contributed by atoms with Gasteiger partial charge in [-0.15, -0.1) is 0 Å². The van der Waals surface area contributed by atoms with Gasteiger partial charge in [0, 0.05) is 14.1 Å². The summed E-state index contributed by atoms with van der Waals surface area (Å²) in [6.45, 7) is 1.89. The molecule has 0 N–H and O–H groups in total. The molecule has 2 atom stereocenters. The SMILES string of the molecule is CN1[C@H]2CCCC[C@@H]2N(C)[P+]1(C)[O-]. The average Bonchev–Trinajstić information content (AvgIpc) is 2.30. The van der Waals surface area contributed by atoms with Gasteiger partial charge >= 0.3 is 0 Å². The van der Waals surface area contributed by atoms with E-state index in [0.717, 1.165) is 0 Å². The van der Waals surface area contributed by atoms with E-state index in [1.54, 1.807) is 0 Å². The van der Waals surface area contributed by atoms with Crippen molar-refractivity contribution in [3.63, 3.8) is 0 Å². The van der Waals surface area contributed by atoms with Gasteiger partial charge in [-0.3, -0.25) is 0 Å². The Morgan fingerprint density at radius 1 is 1.08 bits per heavy atom. The number of hydrogen-bond acceptors (Lipinski definition) is 3. The zero-order valence-electron chi connectivity index (χ0n) is 8.73. The maximum absolute atomic E-state index is 12.3. The van der Waals surface area contributed by atoms with Gasteiger partial charge in [-0.05, 0) is 12.8 Å². The Morgan fingerprint density at radius 3 is 1.85 bits per heavy atom. The Bertz CT molecular complexity index is 190. The molecule has 0 aromatic heterocycles. The summed E-state index contributed by atoms with van der Waals surface area (Å²) < 4.78 is 4.24. The van der Waals surface area contributed by atoms with Crippen molar-refractivity contribution in [1.82, 2.24) is 9.34 Å². The monoisotopic (exact) mass is 202 g/mol. The molecule has 4 heteroatoms. The van der Waals surface area contributed by atoms with Crippen LogP contribution >= 0.6 is 7.79 Å². The maximum Gasteiger partial charge on any atom is 0.103 e. The summed E-state index contributed by atoms with van der Waals surface area (Å²) >= 11 is 0. The molecule has 0 radical (unpaired) electrons. The van der Waals surface area contributed by atoms with Crippen LogP contribution in [0.3, 0.4) is 0 Å². The fourth-order valence-corrected chi connectivity index (χ4v) is 4.82. The molecule has 0 bridgehead atoms. The minimum Gasteiger partial charge on any atom is -0.651 e. The van der Waals surface area contributed by atoms with Crippen molar-refractivity contribution in [2.24, 2.45) is 0 Å². The molecule has 0 unspecified atom stereocenters. The van der Waals surface area contributed by atoms with Crippen molar-refractivity contribution in [2.45, 2.75) is 37.8 Å². The molecule has 2 rings (SSSR count). The largest absolute Gasteiger partial charge is 0.651 e. The molecule has 76 valence electrons. The van der Waals surface area contributed by atoms with Crippen molar-refractivity contribution in [3.05, 3.63) is 0 Å². The standard InChI is InChI=1S/C9H19N2OP/c1-10-8-6-4-5-7-9(8)11(2)13(10,3)12/h8-9H,4-7H2,1-3H3/t8-,9-/m0/s1. The molecule has 0 amide bonds. The zero-order chi connectivity index (χ0) is 9.64. The molecule has 3 nitrogen and oxygen atoms in total. The molecular weight excluding hydrogens is 183 g/mol. The van der Waals surface area contributed by atoms with Gasteiger partial charge in [-0.2, -0.15) is 9.34 Å². The first-order valence-electron chi connectivity index (χ1n) is 5.09. The smallest absolute Gasteiger partial charge is 0.103 e. The Balaban J connectivity index is 2.23. The first kappa shape index (κ1) is 9.85. The molecule has 1 aliphatic carbocycles. The predicted molar refractivity (Wildman–Crippen MR) is 54.4 cm³/mol. The normalized spacial score (nSPS) is 40.6. The second-order valence-electron chi connectivity index (χ2n) is 4.40. The third-order valence-corrected chi connectivity index (χ3v) is 6.76.